The molecule has 0 fully saturated rings. The van der Waals surface area contributed by atoms with E-state index in [9.17, 15) is 20.2 Å². The highest BCUT2D eigenvalue weighted by Gasteiger charge is 2.28. The summed E-state index contributed by atoms with van der Waals surface area (Å²) in [7, 11) is 3.23. The van der Waals surface area contributed by atoms with Gasteiger partial charge in [-0.2, -0.15) is 15.2 Å². The number of nitrogens with zero attached hydrogens (tertiary/aromatic N) is 5. The molecule has 1 N–H and O–H groups in total. The van der Waals surface area contributed by atoms with E-state index in [1.165, 1.54) is 17.0 Å². The van der Waals surface area contributed by atoms with Gasteiger partial charge < -0.3 is 19.7 Å². The van der Waals surface area contributed by atoms with Gasteiger partial charge in [-0.1, -0.05) is 42.5 Å². The summed E-state index contributed by atoms with van der Waals surface area (Å²) < 4.78 is 11.7. The largest absolute Gasteiger partial charge is 0.433 e. The first kappa shape index (κ1) is 26.6. The maximum atomic E-state index is 12.4. The van der Waals surface area contributed by atoms with E-state index in [0.717, 1.165) is 5.56 Å². The van der Waals surface area contributed by atoms with Gasteiger partial charge in [-0.25, -0.2) is 0 Å². The fourth-order valence-electron chi connectivity index (χ4n) is 3.54. The number of aromatic nitrogens is 2. The van der Waals surface area contributed by atoms with E-state index in [1.54, 1.807) is 51.4 Å². The standard InChI is InChI=1S/C28H24N6O5/c1-18-12-13-20(16-29)14-23(18)39-28-31-25(30-17-19-8-5-4-6-9-19)24(34(36)37)26(32-28)38-22-11-7-10-21(15-22)27(35)33(2)3/h4-15H,17H2,1-3H3,(H,30,31,32). The summed E-state index contributed by atoms with van der Waals surface area (Å²) in [5.41, 5.74) is 1.75. The van der Waals surface area contributed by atoms with Crippen LogP contribution in [0.4, 0.5) is 11.5 Å². The maximum Gasteiger partial charge on any atom is 0.373 e. The molecule has 3 aromatic carbocycles. The zero-order chi connectivity index (χ0) is 27.9. The Kier molecular flexibility index (Phi) is 7.97. The van der Waals surface area contributed by atoms with Crippen molar-refractivity contribution in [2.75, 3.05) is 19.4 Å². The summed E-state index contributed by atoms with van der Waals surface area (Å²) in [5.74, 6) is -0.309. The lowest BCUT2D eigenvalue weighted by atomic mass is 10.1. The molecule has 4 aromatic rings. The van der Waals surface area contributed by atoms with Crippen LogP contribution in [0.3, 0.4) is 0 Å². The highest BCUT2D eigenvalue weighted by molar-refractivity contribution is 5.94. The molecule has 0 spiro atoms. The lowest BCUT2D eigenvalue weighted by molar-refractivity contribution is -0.385. The van der Waals surface area contributed by atoms with Crippen LogP contribution in [0.25, 0.3) is 0 Å². The topological polar surface area (TPSA) is 144 Å². The van der Waals surface area contributed by atoms with Crippen LogP contribution in [0.2, 0.25) is 0 Å². The SMILES string of the molecule is Cc1ccc(C#N)cc1Oc1nc(NCc2ccccc2)c([N+](=O)[O-])c(Oc2cccc(C(=O)N(C)C)c2)n1. The van der Waals surface area contributed by atoms with Gasteiger partial charge in [-0.3, -0.25) is 14.9 Å². The van der Waals surface area contributed by atoms with Crippen molar-refractivity contribution in [2.45, 2.75) is 13.5 Å². The number of nitriles is 1. The van der Waals surface area contributed by atoms with Gasteiger partial charge in [0.2, 0.25) is 5.82 Å². The molecule has 11 heteroatoms. The number of carbonyl (C=O) groups is 1. The Balaban J connectivity index is 1.78. The zero-order valence-electron chi connectivity index (χ0n) is 21.4. The van der Waals surface area contributed by atoms with E-state index >= 15 is 0 Å². The van der Waals surface area contributed by atoms with Gasteiger partial charge in [0.15, 0.2) is 0 Å². The van der Waals surface area contributed by atoms with Gasteiger partial charge in [0.1, 0.15) is 11.5 Å². The van der Waals surface area contributed by atoms with Gasteiger partial charge in [0.25, 0.3) is 5.91 Å². The van der Waals surface area contributed by atoms with Gasteiger partial charge in [0, 0.05) is 26.2 Å². The van der Waals surface area contributed by atoms with Crippen molar-refractivity contribution in [3.63, 3.8) is 0 Å². The van der Waals surface area contributed by atoms with Crippen molar-refractivity contribution in [1.82, 2.24) is 14.9 Å². The Hall–Kier alpha value is -5.50. The van der Waals surface area contributed by atoms with Crippen LogP contribution in [-0.4, -0.2) is 39.8 Å². The van der Waals surface area contributed by atoms with Crippen molar-refractivity contribution in [2.24, 2.45) is 0 Å². The predicted octanol–water partition coefficient (Wildman–Crippen LogP) is 5.46. The van der Waals surface area contributed by atoms with E-state index in [2.05, 4.69) is 15.3 Å². The summed E-state index contributed by atoms with van der Waals surface area (Å²) in [6.07, 6.45) is 0. The zero-order valence-corrected chi connectivity index (χ0v) is 21.4. The molecule has 1 heterocycles. The molecule has 0 saturated carbocycles. The van der Waals surface area contributed by atoms with Crippen molar-refractivity contribution < 1.29 is 19.2 Å². The summed E-state index contributed by atoms with van der Waals surface area (Å²) >= 11 is 0. The molecule has 39 heavy (non-hydrogen) atoms. The second-order valence-corrected chi connectivity index (χ2v) is 8.63. The van der Waals surface area contributed by atoms with Crippen molar-refractivity contribution in [1.29, 1.82) is 5.26 Å². The molecular formula is C28H24N6O5. The Morgan fingerprint density at radius 3 is 2.51 bits per heavy atom. The Morgan fingerprint density at radius 1 is 1.05 bits per heavy atom. The summed E-state index contributed by atoms with van der Waals surface area (Å²) in [6.45, 7) is 2.01. The number of amides is 1. The minimum atomic E-state index is -0.650. The first-order valence-electron chi connectivity index (χ1n) is 11.8. The van der Waals surface area contributed by atoms with Crippen molar-refractivity contribution in [3.05, 3.63) is 105 Å². The average Bonchev–Trinajstić information content (AvgIpc) is 2.93. The molecule has 11 nitrogen and oxygen atoms in total. The summed E-state index contributed by atoms with van der Waals surface area (Å²) in [5, 5.41) is 24.4. The third kappa shape index (κ3) is 6.44. The minimum absolute atomic E-state index is 0.126. The number of ether oxygens (including phenoxy) is 2. The van der Waals surface area contributed by atoms with E-state index < -0.39 is 10.6 Å². The van der Waals surface area contributed by atoms with Crippen LogP contribution < -0.4 is 14.8 Å². The molecule has 0 aliphatic heterocycles. The van der Waals surface area contributed by atoms with Gasteiger partial charge >= 0.3 is 17.6 Å². The fraction of sp³-hybridized carbons (Fsp3) is 0.143. The molecule has 0 aliphatic carbocycles. The van der Waals surface area contributed by atoms with Crippen LogP contribution in [0.5, 0.6) is 23.4 Å². The van der Waals surface area contributed by atoms with Crippen LogP contribution >= 0.6 is 0 Å². The highest BCUT2D eigenvalue weighted by atomic mass is 16.6. The number of aryl methyl sites for hydroxylation is 1. The lowest BCUT2D eigenvalue weighted by Gasteiger charge is -2.14. The monoisotopic (exact) mass is 524 g/mol. The first-order chi connectivity index (χ1) is 18.7. The number of rotatable bonds is 9. The quantitative estimate of drug-likeness (QED) is 0.223. The second kappa shape index (κ2) is 11.7. The van der Waals surface area contributed by atoms with Crippen molar-refractivity contribution in [3.8, 4) is 29.5 Å². The second-order valence-electron chi connectivity index (χ2n) is 8.63. The molecule has 1 aromatic heterocycles. The van der Waals surface area contributed by atoms with E-state index in [4.69, 9.17) is 9.47 Å². The number of carbonyl (C=O) groups excluding carboxylic acids is 1. The minimum Gasteiger partial charge on any atom is -0.433 e. The average molecular weight is 525 g/mol. The number of nitrogens with one attached hydrogen (secondary N) is 1. The van der Waals surface area contributed by atoms with E-state index in [-0.39, 0.29) is 35.9 Å². The third-order valence-corrected chi connectivity index (χ3v) is 5.54. The Labute approximate surface area is 224 Å². The molecule has 0 saturated heterocycles. The number of hydrogen-bond acceptors (Lipinski definition) is 9. The molecule has 0 aliphatic rings. The van der Waals surface area contributed by atoms with Crippen LogP contribution in [0.1, 0.15) is 27.0 Å². The van der Waals surface area contributed by atoms with Gasteiger partial charge in [0.05, 0.1) is 16.6 Å². The predicted molar refractivity (Wildman–Crippen MR) is 143 cm³/mol. The molecule has 0 bridgehead atoms. The van der Waals surface area contributed by atoms with E-state index in [0.29, 0.717) is 22.4 Å². The maximum absolute atomic E-state index is 12.4. The summed E-state index contributed by atoms with van der Waals surface area (Å²) in [4.78, 5) is 33.8. The third-order valence-electron chi connectivity index (χ3n) is 5.54. The van der Waals surface area contributed by atoms with Crippen LogP contribution in [0.15, 0.2) is 72.8 Å². The first-order valence-corrected chi connectivity index (χ1v) is 11.8. The number of anilines is 1. The summed E-state index contributed by atoms with van der Waals surface area (Å²) in [6, 6.07) is 22.2. The normalized spacial score (nSPS) is 10.3. The Morgan fingerprint density at radius 2 is 1.82 bits per heavy atom. The molecule has 196 valence electrons. The van der Waals surface area contributed by atoms with Crippen LogP contribution in [-0.2, 0) is 6.54 Å². The molecule has 4 rings (SSSR count). The van der Waals surface area contributed by atoms with Gasteiger partial charge in [-0.05, 0) is 48.4 Å². The molecule has 0 unspecified atom stereocenters. The number of hydrogen-bond donors (Lipinski definition) is 1. The van der Waals surface area contributed by atoms with Crippen LogP contribution in [0, 0.1) is 28.4 Å². The van der Waals surface area contributed by atoms with Crippen molar-refractivity contribution >= 4 is 17.4 Å². The smallest absolute Gasteiger partial charge is 0.373 e. The number of nitro groups is 1. The molecule has 0 radical (unpaired) electrons. The number of benzene rings is 3. The Bertz CT molecular complexity index is 1570. The fourth-order valence-corrected chi connectivity index (χ4v) is 3.54. The van der Waals surface area contributed by atoms with E-state index in [1.807, 2.05) is 36.4 Å². The molecular weight excluding hydrogens is 500 g/mol. The van der Waals surface area contributed by atoms with Gasteiger partial charge in [-0.15, -0.1) is 0 Å². The highest BCUT2D eigenvalue weighted by Crippen LogP contribution is 2.38. The molecule has 1 amide bonds. The lowest BCUT2D eigenvalue weighted by Crippen LogP contribution is -2.21. The molecule has 0 atom stereocenters.